The summed E-state index contributed by atoms with van der Waals surface area (Å²) in [6.45, 7) is 4.03. The quantitative estimate of drug-likeness (QED) is 0.790. The molecule has 2 N–H and O–H groups in total. The van der Waals surface area contributed by atoms with E-state index < -0.39 is 0 Å². The molecule has 3 nitrogen and oxygen atoms in total. The zero-order valence-electron chi connectivity index (χ0n) is 10.0. The fourth-order valence-electron chi connectivity index (χ4n) is 1.58. The molecule has 1 saturated carbocycles. The number of rotatable bonds is 2. The van der Waals surface area contributed by atoms with Crippen LogP contribution in [-0.2, 0) is 4.79 Å². The van der Waals surface area contributed by atoms with E-state index in [0.717, 1.165) is 29.7 Å². The van der Waals surface area contributed by atoms with Crippen LogP contribution in [0, 0.1) is 19.8 Å². The lowest BCUT2D eigenvalue weighted by atomic mass is 10.1. The Bertz CT molecular complexity index is 466. The van der Waals surface area contributed by atoms with Gasteiger partial charge in [0.25, 0.3) is 0 Å². The Labute approximate surface area is 107 Å². The van der Waals surface area contributed by atoms with Crippen molar-refractivity contribution < 1.29 is 4.79 Å². The van der Waals surface area contributed by atoms with E-state index in [4.69, 9.17) is 12.2 Å². The first kappa shape index (κ1) is 12.0. The molecule has 0 aromatic heterocycles. The van der Waals surface area contributed by atoms with Gasteiger partial charge < -0.3 is 10.6 Å². The van der Waals surface area contributed by atoms with Crippen LogP contribution < -0.4 is 10.6 Å². The molecule has 0 saturated heterocycles. The van der Waals surface area contributed by atoms with Crippen molar-refractivity contribution in [1.29, 1.82) is 0 Å². The minimum atomic E-state index is 0.0350. The molecule has 0 unspecified atom stereocenters. The number of aryl methyl sites for hydroxylation is 2. The van der Waals surface area contributed by atoms with Gasteiger partial charge in [-0.15, -0.1) is 0 Å². The fourth-order valence-corrected chi connectivity index (χ4v) is 1.79. The van der Waals surface area contributed by atoms with Gasteiger partial charge in [0.2, 0.25) is 5.91 Å². The Morgan fingerprint density at radius 3 is 2.71 bits per heavy atom. The molecule has 0 aliphatic heterocycles. The molecule has 0 radical (unpaired) electrons. The zero-order valence-corrected chi connectivity index (χ0v) is 10.9. The van der Waals surface area contributed by atoms with Crippen LogP contribution in [0.3, 0.4) is 0 Å². The van der Waals surface area contributed by atoms with E-state index in [1.165, 1.54) is 0 Å². The number of amides is 1. The SMILES string of the molecule is Cc1ccc(C)c(NC(=S)NC(=O)C2CC2)c1. The lowest BCUT2D eigenvalue weighted by Gasteiger charge is -2.12. The highest BCUT2D eigenvalue weighted by molar-refractivity contribution is 7.80. The van der Waals surface area contributed by atoms with Gasteiger partial charge in [-0.05, 0) is 56.1 Å². The number of anilines is 1. The van der Waals surface area contributed by atoms with Gasteiger partial charge in [0.15, 0.2) is 5.11 Å². The Hall–Kier alpha value is -1.42. The van der Waals surface area contributed by atoms with E-state index in [1.807, 2.05) is 32.0 Å². The first-order valence-electron chi connectivity index (χ1n) is 5.75. The summed E-state index contributed by atoms with van der Waals surface area (Å²) < 4.78 is 0. The predicted molar refractivity (Wildman–Crippen MR) is 73.0 cm³/mol. The van der Waals surface area contributed by atoms with Crippen LogP contribution in [-0.4, -0.2) is 11.0 Å². The molecule has 0 spiro atoms. The highest BCUT2D eigenvalue weighted by Crippen LogP contribution is 2.28. The van der Waals surface area contributed by atoms with Crippen LogP contribution in [0.15, 0.2) is 18.2 Å². The van der Waals surface area contributed by atoms with Crippen molar-refractivity contribution in [2.75, 3.05) is 5.32 Å². The third-order valence-electron chi connectivity index (χ3n) is 2.83. The second kappa shape index (κ2) is 4.84. The summed E-state index contributed by atoms with van der Waals surface area (Å²) in [7, 11) is 0. The summed E-state index contributed by atoms with van der Waals surface area (Å²) in [6.07, 6.45) is 1.97. The van der Waals surface area contributed by atoms with E-state index in [2.05, 4.69) is 10.6 Å². The smallest absolute Gasteiger partial charge is 0.229 e. The summed E-state index contributed by atoms with van der Waals surface area (Å²) in [6, 6.07) is 6.10. The fraction of sp³-hybridized carbons (Fsp3) is 0.385. The normalized spacial score (nSPS) is 14.2. The van der Waals surface area contributed by atoms with Crippen LogP contribution in [0.5, 0.6) is 0 Å². The van der Waals surface area contributed by atoms with Gasteiger partial charge in [0, 0.05) is 11.6 Å². The monoisotopic (exact) mass is 248 g/mol. The average Bonchev–Trinajstić information content (AvgIpc) is 3.06. The van der Waals surface area contributed by atoms with Crippen LogP contribution in [0.25, 0.3) is 0 Å². The van der Waals surface area contributed by atoms with Gasteiger partial charge in [0.05, 0.1) is 0 Å². The topological polar surface area (TPSA) is 41.1 Å². The van der Waals surface area contributed by atoms with E-state index in [1.54, 1.807) is 0 Å². The number of thiocarbonyl (C=S) groups is 1. The van der Waals surface area contributed by atoms with Gasteiger partial charge in [-0.25, -0.2) is 0 Å². The van der Waals surface area contributed by atoms with E-state index in [0.29, 0.717) is 5.11 Å². The highest BCUT2D eigenvalue weighted by Gasteiger charge is 2.30. The minimum absolute atomic E-state index is 0.0350. The summed E-state index contributed by atoms with van der Waals surface area (Å²) in [4.78, 5) is 11.5. The molecule has 1 aromatic rings. The molecule has 1 amide bonds. The van der Waals surface area contributed by atoms with E-state index >= 15 is 0 Å². The molecule has 0 heterocycles. The summed E-state index contributed by atoms with van der Waals surface area (Å²) in [5.41, 5.74) is 3.22. The predicted octanol–water partition coefficient (Wildman–Crippen LogP) is 2.53. The first-order valence-corrected chi connectivity index (χ1v) is 6.16. The molecule has 0 atom stereocenters. The number of benzene rings is 1. The van der Waals surface area contributed by atoms with Crippen LogP contribution >= 0.6 is 12.2 Å². The Kier molecular flexibility index (Phi) is 3.43. The molecular formula is C13H16N2OS. The maximum Gasteiger partial charge on any atom is 0.229 e. The standard InChI is InChI=1S/C13H16N2OS/c1-8-3-4-9(2)11(7-8)14-13(17)15-12(16)10-5-6-10/h3-4,7,10H,5-6H2,1-2H3,(H2,14,15,16,17). The first-order chi connectivity index (χ1) is 8.06. The molecule has 90 valence electrons. The lowest BCUT2D eigenvalue weighted by Crippen LogP contribution is -2.35. The zero-order chi connectivity index (χ0) is 12.4. The lowest BCUT2D eigenvalue weighted by molar-refractivity contribution is -0.120. The molecular weight excluding hydrogens is 232 g/mol. The van der Waals surface area contributed by atoms with Crippen molar-refractivity contribution >= 4 is 28.9 Å². The molecule has 2 rings (SSSR count). The van der Waals surface area contributed by atoms with Crippen LogP contribution in [0.1, 0.15) is 24.0 Å². The van der Waals surface area contributed by atoms with Crippen molar-refractivity contribution in [1.82, 2.24) is 5.32 Å². The number of hydrogen-bond donors (Lipinski definition) is 2. The van der Waals surface area contributed by atoms with Crippen molar-refractivity contribution in [2.45, 2.75) is 26.7 Å². The van der Waals surface area contributed by atoms with E-state index in [9.17, 15) is 4.79 Å². The molecule has 4 heteroatoms. The largest absolute Gasteiger partial charge is 0.332 e. The van der Waals surface area contributed by atoms with Crippen molar-refractivity contribution in [3.05, 3.63) is 29.3 Å². The second-order valence-corrected chi connectivity index (χ2v) is 4.94. The molecule has 0 bridgehead atoms. The summed E-state index contributed by atoms with van der Waals surface area (Å²) in [5, 5.41) is 6.17. The number of carbonyl (C=O) groups excluding carboxylic acids is 1. The number of nitrogens with one attached hydrogen (secondary N) is 2. The number of carbonyl (C=O) groups is 1. The molecule has 1 fully saturated rings. The molecule has 1 aliphatic carbocycles. The average molecular weight is 248 g/mol. The summed E-state index contributed by atoms with van der Waals surface area (Å²) >= 11 is 5.12. The second-order valence-electron chi connectivity index (χ2n) is 4.54. The van der Waals surface area contributed by atoms with Crippen molar-refractivity contribution in [3.63, 3.8) is 0 Å². The molecule has 1 aliphatic rings. The van der Waals surface area contributed by atoms with Gasteiger partial charge in [-0.3, -0.25) is 4.79 Å². The Balaban J connectivity index is 1.97. The van der Waals surface area contributed by atoms with Gasteiger partial charge in [-0.2, -0.15) is 0 Å². The number of hydrogen-bond acceptors (Lipinski definition) is 2. The van der Waals surface area contributed by atoms with Crippen molar-refractivity contribution in [3.8, 4) is 0 Å². The van der Waals surface area contributed by atoms with Gasteiger partial charge in [-0.1, -0.05) is 12.1 Å². The Morgan fingerprint density at radius 1 is 1.35 bits per heavy atom. The van der Waals surface area contributed by atoms with Crippen molar-refractivity contribution in [2.24, 2.45) is 5.92 Å². The van der Waals surface area contributed by atoms with Crippen LogP contribution in [0.2, 0.25) is 0 Å². The maximum absolute atomic E-state index is 11.5. The van der Waals surface area contributed by atoms with E-state index in [-0.39, 0.29) is 11.8 Å². The third kappa shape index (κ3) is 3.27. The Morgan fingerprint density at radius 2 is 2.06 bits per heavy atom. The summed E-state index contributed by atoms with van der Waals surface area (Å²) in [5.74, 6) is 0.209. The highest BCUT2D eigenvalue weighted by atomic mass is 32.1. The van der Waals surface area contributed by atoms with Gasteiger partial charge in [0.1, 0.15) is 0 Å². The minimum Gasteiger partial charge on any atom is -0.332 e. The van der Waals surface area contributed by atoms with Gasteiger partial charge >= 0.3 is 0 Å². The maximum atomic E-state index is 11.5. The third-order valence-corrected chi connectivity index (χ3v) is 3.03. The van der Waals surface area contributed by atoms with Crippen LogP contribution in [0.4, 0.5) is 5.69 Å². The molecule has 17 heavy (non-hydrogen) atoms. The molecule has 1 aromatic carbocycles.